The molecule has 0 aliphatic carbocycles. The number of halogens is 1. The number of piperidine rings is 1. The van der Waals surface area contributed by atoms with Crippen LogP contribution < -0.4 is 0 Å². The van der Waals surface area contributed by atoms with Gasteiger partial charge in [-0.15, -0.1) is 10.2 Å². The standard InChI is InChI=1S/C17H20ClN3O2S/c1-11-7-12(2)9-21(8-11)15(22)10-24-17-20-19-16(23-17)13-5-3-4-6-14(13)18/h3-6,11-12H,7-10H2,1-2H3/t11-,12-/m1/s1. The van der Waals surface area contributed by atoms with Gasteiger partial charge in [0.2, 0.25) is 11.8 Å². The quantitative estimate of drug-likeness (QED) is 0.767. The molecule has 1 aromatic carbocycles. The zero-order valence-electron chi connectivity index (χ0n) is 13.7. The Morgan fingerprint density at radius 2 is 2.00 bits per heavy atom. The second-order valence-corrected chi connectivity index (χ2v) is 7.72. The average Bonchev–Trinajstić information content (AvgIpc) is 3.01. The first-order chi connectivity index (χ1) is 11.5. The molecule has 0 spiro atoms. The minimum atomic E-state index is 0.121. The Hall–Kier alpha value is -1.53. The van der Waals surface area contributed by atoms with Crippen LogP contribution in [0.25, 0.3) is 11.5 Å². The van der Waals surface area contributed by atoms with Gasteiger partial charge in [-0.25, -0.2) is 0 Å². The number of hydrogen-bond acceptors (Lipinski definition) is 5. The van der Waals surface area contributed by atoms with Crippen molar-refractivity contribution in [2.24, 2.45) is 11.8 Å². The molecule has 2 heterocycles. The highest BCUT2D eigenvalue weighted by Gasteiger charge is 2.25. The van der Waals surface area contributed by atoms with Crippen LogP contribution in [-0.4, -0.2) is 39.8 Å². The molecule has 5 nitrogen and oxygen atoms in total. The first-order valence-electron chi connectivity index (χ1n) is 8.02. The molecule has 0 bridgehead atoms. The fraction of sp³-hybridized carbons (Fsp3) is 0.471. The molecule has 1 aromatic heterocycles. The Morgan fingerprint density at radius 1 is 1.29 bits per heavy atom. The van der Waals surface area contributed by atoms with Crippen molar-refractivity contribution in [3.05, 3.63) is 29.3 Å². The number of rotatable bonds is 4. The summed E-state index contributed by atoms with van der Waals surface area (Å²) in [7, 11) is 0. The van der Waals surface area contributed by atoms with Crippen molar-refractivity contribution in [2.45, 2.75) is 25.5 Å². The van der Waals surface area contributed by atoms with Crippen molar-refractivity contribution >= 4 is 29.3 Å². The van der Waals surface area contributed by atoms with Gasteiger partial charge in [-0.05, 0) is 30.4 Å². The largest absolute Gasteiger partial charge is 0.411 e. The monoisotopic (exact) mass is 365 g/mol. The van der Waals surface area contributed by atoms with E-state index < -0.39 is 0 Å². The van der Waals surface area contributed by atoms with Gasteiger partial charge in [0, 0.05) is 13.1 Å². The number of hydrogen-bond donors (Lipinski definition) is 0. The van der Waals surface area contributed by atoms with E-state index in [9.17, 15) is 4.79 Å². The summed E-state index contributed by atoms with van der Waals surface area (Å²) in [5.74, 6) is 1.91. The molecule has 7 heteroatoms. The lowest BCUT2D eigenvalue weighted by molar-refractivity contribution is -0.130. The fourth-order valence-electron chi connectivity index (χ4n) is 3.09. The third kappa shape index (κ3) is 4.11. The highest BCUT2D eigenvalue weighted by atomic mass is 35.5. The number of benzene rings is 1. The van der Waals surface area contributed by atoms with Crippen molar-refractivity contribution in [2.75, 3.05) is 18.8 Å². The van der Waals surface area contributed by atoms with E-state index in [1.165, 1.54) is 18.2 Å². The molecule has 128 valence electrons. The zero-order chi connectivity index (χ0) is 17.1. The number of carbonyl (C=O) groups is 1. The Labute approximate surface area is 150 Å². The minimum absolute atomic E-state index is 0.121. The van der Waals surface area contributed by atoms with Crippen LogP contribution in [0.3, 0.4) is 0 Å². The second-order valence-electron chi connectivity index (χ2n) is 6.39. The van der Waals surface area contributed by atoms with E-state index in [0.29, 0.717) is 39.3 Å². The van der Waals surface area contributed by atoms with Crippen LogP contribution in [0.1, 0.15) is 20.3 Å². The maximum atomic E-state index is 12.4. The molecule has 1 aliphatic heterocycles. The van der Waals surface area contributed by atoms with Gasteiger partial charge < -0.3 is 9.32 Å². The van der Waals surface area contributed by atoms with E-state index in [1.807, 2.05) is 23.1 Å². The minimum Gasteiger partial charge on any atom is -0.411 e. The summed E-state index contributed by atoms with van der Waals surface area (Å²) in [6, 6.07) is 7.31. The normalized spacial score (nSPS) is 21.0. The third-order valence-corrected chi connectivity index (χ3v) is 5.18. The summed E-state index contributed by atoms with van der Waals surface area (Å²) in [6.07, 6.45) is 1.18. The molecule has 2 aromatic rings. The first-order valence-corrected chi connectivity index (χ1v) is 9.38. The van der Waals surface area contributed by atoms with E-state index in [0.717, 1.165) is 13.1 Å². The van der Waals surface area contributed by atoms with E-state index >= 15 is 0 Å². The van der Waals surface area contributed by atoms with Gasteiger partial charge in [-0.3, -0.25) is 4.79 Å². The van der Waals surface area contributed by atoms with Crippen LogP contribution in [0.2, 0.25) is 5.02 Å². The molecule has 24 heavy (non-hydrogen) atoms. The van der Waals surface area contributed by atoms with E-state index in [1.54, 1.807) is 6.07 Å². The smallest absolute Gasteiger partial charge is 0.277 e. The summed E-state index contributed by atoms with van der Waals surface area (Å²) < 4.78 is 5.62. The maximum Gasteiger partial charge on any atom is 0.277 e. The Balaban J connectivity index is 1.59. The van der Waals surface area contributed by atoms with Crippen LogP contribution in [0.4, 0.5) is 0 Å². The number of carbonyl (C=O) groups excluding carboxylic acids is 1. The predicted octanol–water partition coefficient (Wildman–Crippen LogP) is 3.99. The summed E-state index contributed by atoms with van der Waals surface area (Å²) in [4.78, 5) is 14.3. The maximum absolute atomic E-state index is 12.4. The molecular formula is C17H20ClN3O2S. The lowest BCUT2D eigenvalue weighted by Gasteiger charge is -2.34. The molecular weight excluding hydrogens is 346 g/mol. The van der Waals surface area contributed by atoms with Gasteiger partial charge in [0.15, 0.2) is 0 Å². The van der Waals surface area contributed by atoms with Crippen LogP contribution in [-0.2, 0) is 4.79 Å². The predicted molar refractivity (Wildman–Crippen MR) is 95.0 cm³/mol. The average molecular weight is 366 g/mol. The Morgan fingerprint density at radius 3 is 2.71 bits per heavy atom. The molecule has 1 saturated heterocycles. The molecule has 1 fully saturated rings. The van der Waals surface area contributed by atoms with E-state index in [2.05, 4.69) is 24.0 Å². The third-order valence-electron chi connectivity index (χ3n) is 4.05. The van der Waals surface area contributed by atoms with Gasteiger partial charge in [0.05, 0.1) is 16.3 Å². The van der Waals surface area contributed by atoms with Crippen molar-refractivity contribution in [3.8, 4) is 11.5 Å². The Bertz CT molecular complexity index is 711. The summed E-state index contributed by atoms with van der Waals surface area (Å²) in [5.41, 5.74) is 0.698. The second kappa shape index (κ2) is 7.57. The molecule has 0 radical (unpaired) electrons. The number of likely N-dealkylation sites (tertiary alicyclic amines) is 1. The molecule has 0 N–H and O–H groups in total. The molecule has 1 aliphatic rings. The first kappa shape index (κ1) is 17.3. The summed E-state index contributed by atoms with van der Waals surface area (Å²) in [5, 5.41) is 8.96. The highest BCUT2D eigenvalue weighted by molar-refractivity contribution is 7.99. The van der Waals surface area contributed by atoms with Crippen LogP contribution >= 0.6 is 23.4 Å². The fourth-order valence-corrected chi connectivity index (χ4v) is 3.98. The van der Waals surface area contributed by atoms with Gasteiger partial charge in [0.1, 0.15) is 0 Å². The van der Waals surface area contributed by atoms with E-state index in [-0.39, 0.29) is 5.91 Å². The zero-order valence-corrected chi connectivity index (χ0v) is 15.3. The van der Waals surface area contributed by atoms with Gasteiger partial charge in [-0.1, -0.05) is 49.3 Å². The van der Waals surface area contributed by atoms with Gasteiger partial charge in [-0.2, -0.15) is 0 Å². The summed E-state index contributed by atoms with van der Waals surface area (Å²) >= 11 is 7.40. The topological polar surface area (TPSA) is 59.2 Å². The van der Waals surface area contributed by atoms with Crippen LogP contribution in [0.15, 0.2) is 33.9 Å². The number of thioether (sulfide) groups is 1. The van der Waals surface area contributed by atoms with Gasteiger partial charge >= 0.3 is 0 Å². The van der Waals surface area contributed by atoms with Crippen molar-refractivity contribution in [3.63, 3.8) is 0 Å². The molecule has 3 rings (SSSR count). The number of amides is 1. The molecule has 1 amide bonds. The molecule has 0 saturated carbocycles. The highest BCUT2D eigenvalue weighted by Crippen LogP contribution is 2.29. The van der Waals surface area contributed by atoms with E-state index in [4.69, 9.17) is 16.0 Å². The lowest BCUT2D eigenvalue weighted by atomic mass is 9.92. The molecule has 0 unspecified atom stereocenters. The van der Waals surface area contributed by atoms with Crippen molar-refractivity contribution < 1.29 is 9.21 Å². The number of aromatic nitrogens is 2. The SMILES string of the molecule is C[C@@H]1C[C@@H](C)CN(C(=O)CSc2nnc(-c3ccccc3Cl)o2)C1. The van der Waals surface area contributed by atoms with Crippen molar-refractivity contribution in [1.82, 2.24) is 15.1 Å². The summed E-state index contributed by atoms with van der Waals surface area (Å²) in [6.45, 7) is 6.05. The van der Waals surface area contributed by atoms with Gasteiger partial charge in [0.25, 0.3) is 5.22 Å². The van der Waals surface area contributed by atoms with Crippen LogP contribution in [0.5, 0.6) is 0 Å². The lowest BCUT2D eigenvalue weighted by Crippen LogP contribution is -2.43. The number of nitrogens with zero attached hydrogens (tertiary/aromatic N) is 3. The van der Waals surface area contributed by atoms with Crippen molar-refractivity contribution in [1.29, 1.82) is 0 Å². The molecule has 2 atom stereocenters. The van der Waals surface area contributed by atoms with Crippen LogP contribution in [0, 0.1) is 11.8 Å². The Kier molecular flexibility index (Phi) is 5.46.